The Morgan fingerprint density at radius 3 is 2.70 bits per heavy atom. The number of hydrogen-bond acceptors (Lipinski definition) is 11. The summed E-state index contributed by atoms with van der Waals surface area (Å²) in [5, 5.41) is 15.4. The molecule has 0 unspecified atom stereocenters. The van der Waals surface area contributed by atoms with Crippen LogP contribution in [-0.4, -0.2) is 81.7 Å². The normalized spacial score (nSPS) is 25.7. The van der Waals surface area contributed by atoms with Gasteiger partial charge in [-0.1, -0.05) is 5.16 Å². The number of carbonyl (C=O) groups excluding carboxylic acids is 1. The zero-order valence-corrected chi connectivity index (χ0v) is 27.8. The number of nitriles is 1. The molecule has 242 valence electrons. The first kappa shape index (κ1) is 29.7. The van der Waals surface area contributed by atoms with Crippen molar-refractivity contribution in [1.82, 2.24) is 24.9 Å². The molecule has 1 saturated carbocycles. The average Bonchev–Trinajstić information content (AvgIpc) is 3.34. The van der Waals surface area contributed by atoms with E-state index in [0.29, 0.717) is 47.1 Å². The van der Waals surface area contributed by atoms with Gasteiger partial charge in [-0.2, -0.15) is 10.2 Å². The number of aryl methyl sites for hydroxylation is 1. The molecule has 12 heteroatoms. The lowest BCUT2D eigenvalue weighted by Gasteiger charge is -2.42. The van der Waals surface area contributed by atoms with Gasteiger partial charge in [-0.25, -0.2) is 4.98 Å². The Morgan fingerprint density at radius 2 is 1.98 bits per heavy atom. The Morgan fingerprint density at radius 1 is 1.17 bits per heavy atom. The number of likely N-dealkylation sites (tertiary alicyclic amines) is 1. The summed E-state index contributed by atoms with van der Waals surface area (Å²) in [4.78, 5) is 30.4. The van der Waals surface area contributed by atoms with Crippen LogP contribution in [0.1, 0.15) is 92.5 Å². The van der Waals surface area contributed by atoms with Crippen molar-refractivity contribution in [3.05, 3.63) is 33.4 Å². The summed E-state index contributed by atoms with van der Waals surface area (Å²) in [7, 11) is 2.16. The molecule has 8 rings (SSSR count). The SMILES string of the molecule is CC(=O)N1CCN(c2cc(O[C@@H](C)[C@@H]3CCCN3C)nc(-c3noc4c3CCC[C@@]43CCCc4sc(N)c(C#N)c43)n2)CC12CC2. The second-order valence-electron chi connectivity index (χ2n) is 14.1. The van der Waals surface area contributed by atoms with Gasteiger partial charge < -0.3 is 24.8 Å². The number of ether oxygens (including phenoxy) is 1. The molecule has 0 aromatic carbocycles. The van der Waals surface area contributed by atoms with Crippen molar-refractivity contribution in [3.63, 3.8) is 0 Å². The highest BCUT2D eigenvalue weighted by Gasteiger charge is 2.53. The summed E-state index contributed by atoms with van der Waals surface area (Å²) in [5.41, 5.74) is 9.18. The van der Waals surface area contributed by atoms with E-state index >= 15 is 0 Å². The third-order valence-electron chi connectivity index (χ3n) is 11.4. The van der Waals surface area contributed by atoms with E-state index in [1.54, 1.807) is 18.3 Å². The van der Waals surface area contributed by atoms with Gasteiger partial charge >= 0.3 is 0 Å². The molecular weight excluding hydrogens is 600 g/mol. The van der Waals surface area contributed by atoms with E-state index < -0.39 is 5.41 Å². The minimum Gasteiger partial charge on any atom is -0.473 e. The summed E-state index contributed by atoms with van der Waals surface area (Å²) < 4.78 is 12.9. The van der Waals surface area contributed by atoms with Crippen LogP contribution in [0.4, 0.5) is 10.8 Å². The molecule has 3 aliphatic carbocycles. The summed E-state index contributed by atoms with van der Waals surface area (Å²) in [6.45, 7) is 6.97. The molecule has 5 aliphatic rings. The first-order valence-electron chi connectivity index (χ1n) is 16.8. The third kappa shape index (κ3) is 4.60. The van der Waals surface area contributed by atoms with Gasteiger partial charge in [0.15, 0.2) is 17.3 Å². The molecule has 46 heavy (non-hydrogen) atoms. The quantitative estimate of drug-likeness (QED) is 0.418. The van der Waals surface area contributed by atoms with Gasteiger partial charge in [0, 0.05) is 49.1 Å². The standard InChI is InChI=1S/C34H42N8O3S/c1-20(24-8-6-14-40(24)3)44-27-17-26(41-15-16-42(21(2)43)33(19-41)12-13-33)37-32(38-27)29-22-7-4-10-34(30(22)45-39-29)11-5-9-25-28(34)23(18-35)31(36)46-25/h17,20,24H,4-16,19,36H2,1-3H3/t20-,24-,34-/m0/s1. The monoisotopic (exact) mass is 642 g/mol. The highest BCUT2D eigenvalue weighted by Crippen LogP contribution is 2.55. The lowest BCUT2D eigenvalue weighted by atomic mass is 9.63. The number of piperazine rings is 1. The lowest BCUT2D eigenvalue weighted by molar-refractivity contribution is -0.132. The molecule has 2 spiro atoms. The van der Waals surface area contributed by atoms with E-state index in [1.165, 1.54) is 4.88 Å². The van der Waals surface area contributed by atoms with Crippen LogP contribution in [-0.2, 0) is 23.1 Å². The maximum absolute atomic E-state index is 12.4. The lowest BCUT2D eigenvalue weighted by Crippen LogP contribution is -2.56. The van der Waals surface area contributed by atoms with Gasteiger partial charge in [0.25, 0.3) is 0 Å². The number of nitrogens with two attached hydrogens (primary N) is 1. The first-order chi connectivity index (χ1) is 22.2. The predicted octanol–water partition coefficient (Wildman–Crippen LogP) is 4.67. The number of carbonyl (C=O) groups is 1. The van der Waals surface area contributed by atoms with Crippen molar-refractivity contribution >= 4 is 28.1 Å². The number of anilines is 2. The third-order valence-corrected chi connectivity index (χ3v) is 12.4. The number of rotatable bonds is 5. The zero-order chi connectivity index (χ0) is 31.8. The number of aromatic nitrogens is 3. The Labute approximate surface area is 273 Å². The van der Waals surface area contributed by atoms with E-state index in [9.17, 15) is 10.1 Å². The van der Waals surface area contributed by atoms with Crippen LogP contribution in [0.2, 0.25) is 0 Å². The molecule has 0 radical (unpaired) electrons. The number of nitrogens with zero attached hydrogens (tertiary/aromatic N) is 7. The average molecular weight is 643 g/mol. The molecule has 2 N–H and O–H groups in total. The molecule has 3 aromatic heterocycles. The maximum Gasteiger partial charge on any atom is 0.220 e. The number of likely N-dealkylation sites (N-methyl/N-ethyl adjacent to an activating group) is 1. The van der Waals surface area contributed by atoms with Crippen LogP contribution in [0.25, 0.3) is 11.5 Å². The predicted molar refractivity (Wildman–Crippen MR) is 175 cm³/mol. The van der Waals surface area contributed by atoms with Crippen molar-refractivity contribution in [2.45, 2.75) is 101 Å². The Bertz CT molecular complexity index is 1740. The summed E-state index contributed by atoms with van der Waals surface area (Å²) >= 11 is 1.55. The summed E-state index contributed by atoms with van der Waals surface area (Å²) in [5.74, 6) is 2.81. The molecule has 5 heterocycles. The van der Waals surface area contributed by atoms with Crippen LogP contribution in [0.15, 0.2) is 10.6 Å². The zero-order valence-electron chi connectivity index (χ0n) is 27.0. The Balaban J connectivity index is 1.20. The molecule has 1 amide bonds. The minimum absolute atomic E-state index is 0.0453. The number of fused-ring (bicyclic) bond motifs is 4. The second kappa shape index (κ2) is 10.9. The van der Waals surface area contributed by atoms with Gasteiger partial charge in [0.05, 0.1) is 16.5 Å². The number of thiophene rings is 1. The molecule has 3 fully saturated rings. The minimum atomic E-state index is -0.411. The van der Waals surface area contributed by atoms with Crippen molar-refractivity contribution < 1.29 is 14.1 Å². The topological polar surface area (TPSA) is 138 Å². The smallest absolute Gasteiger partial charge is 0.220 e. The van der Waals surface area contributed by atoms with Crippen LogP contribution in [0.5, 0.6) is 5.88 Å². The number of hydrogen-bond donors (Lipinski definition) is 1. The van der Waals surface area contributed by atoms with Crippen LogP contribution in [0, 0.1) is 11.3 Å². The van der Waals surface area contributed by atoms with Crippen LogP contribution >= 0.6 is 11.3 Å². The summed E-state index contributed by atoms with van der Waals surface area (Å²) in [6.07, 6.45) is 9.73. The molecule has 11 nitrogen and oxygen atoms in total. The van der Waals surface area contributed by atoms with Gasteiger partial charge in [-0.3, -0.25) is 9.69 Å². The van der Waals surface area contributed by atoms with E-state index in [0.717, 1.165) is 100 Å². The maximum atomic E-state index is 12.4. The van der Waals surface area contributed by atoms with Crippen LogP contribution in [0.3, 0.4) is 0 Å². The number of nitrogen functional groups attached to an aromatic ring is 1. The Kier molecular flexibility index (Phi) is 7.07. The van der Waals surface area contributed by atoms with Gasteiger partial charge in [0.1, 0.15) is 23.0 Å². The van der Waals surface area contributed by atoms with Crippen molar-refractivity contribution in [2.75, 3.05) is 43.9 Å². The highest BCUT2D eigenvalue weighted by atomic mass is 32.1. The number of amides is 1. The fraction of sp³-hybridized carbons (Fsp3) is 0.618. The van der Waals surface area contributed by atoms with Gasteiger partial charge in [0.2, 0.25) is 11.8 Å². The summed E-state index contributed by atoms with van der Waals surface area (Å²) in [6, 6.07) is 4.69. The molecule has 3 aromatic rings. The van der Waals surface area contributed by atoms with E-state index in [-0.39, 0.29) is 17.6 Å². The van der Waals surface area contributed by atoms with Crippen molar-refractivity contribution in [3.8, 4) is 23.5 Å². The molecule has 0 bridgehead atoms. The largest absolute Gasteiger partial charge is 0.473 e. The molecule has 2 saturated heterocycles. The van der Waals surface area contributed by atoms with E-state index in [4.69, 9.17) is 25.0 Å². The fourth-order valence-corrected chi connectivity index (χ4v) is 10.2. The fourth-order valence-electron chi connectivity index (χ4n) is 8.99. The van der Waals surface area contributed by atoms with Crippen molar-refractivity contribution in [2.24, 2.45) is 0 Å². The van der Waals surface area contributed by atoms with E-state index in [2.05, 4.69) is 35.0 Å². The molecule has 3 atom stereocenters. The van der Waals surface area contributed by atoms with Crippen molar-refractivity contribution in [1.29, 1.82) is 5.26 Å². The van der Waals surface area contributed by atoms with Gasteiger partial charge in [-0.15, -0.1) is 11.3 Å². The van der Waals surface area contributed by atoms with E-state index in [1.807, 2.05) is 11.0 Å². The molecule has 2 aliphatic heterocycles. The second-order valence-corrected chi connectivity index (χ2v) is 15.2. The van der Waals surface area contributed by atoms with Crippen LogP contribution < -0.4 is 15.4 Å². The van der Waals surface area contributed by atoms with Gasteiger partial charge in [-0.05, 0) is 90.3 Å². The Hall–Kier alpha value is -3.69. The first-order valence-corrected chi connectivity index (χ1v) is 17.6. The highest BCUT2D eigenvalue weighted by molar-refractivity contribution is 7.16. The molecular formula is C34H42N8O3S.